The van der Waals surface area contributed by atoms with Crippen molar-refractivity contribution in [1.29, 1.82) is 0 Å². The monoisotopic (exact) mass is 402 g/mol. The van der Waals surface area contributed by atoms with Gasteiger partial charge in [0.1, 0.15) is 0 Å². The zero-order valence-corrected chi connectivity index (χ0v) is 16.0. The molecule has 0 bridgehead atoms. The average molecular weight is 402 g/mol. The maximum Gasteiger partial charge on any atom is 0.280 e. The van der Waals surface area contributed by atoms with Crippen LogP contribution in [0.2, 0.25) is 0 Å². The molecule has 1 amide bonds. The maximum atomic E-state index is 13.5. The van der Waals surface area contributed by atoms with Crippen LogP contribution in [0.1, 0.15) is 54.8 Å². The summed E-state index contributed by atoms with van der Waals surface area (Å²) in [7, 11) is 0. The molecule has 10 heteroatoms. The number of amides is 1. The Morgan fingerprint density at radius 3 is 2.83 bits per heavy atom. The number of benzene rings is 1. The van der Waals surface area contributed by atoms with Gasteiger partial charge in [-0.05, 0) is 31.0 Å². The molecule has 0 aliphatic carbocycles. The van der Waals surface area contributed by atoms with Crippen LogP contribution in [0.25, 0.3) is 11.6 Å². The van der Waals surface area contributed by atoms with E-state index in [2.05, 4.69) is 20.5 Å². The normalized spacial score (nSPS) is 17.1. The Bertz CT molecular complexity index is 1030. The van der Waals surface area contributed by atoms with Crippen LogP contribution in [0.5, 0.6) is 0 Å². The van der Waals surface area contributed by atoms with Crippen molar-refractivity contribution < 1.29 is 18.1 Å². The van der Waals surface area contributed by atoms with Crippen molar-refractivity contribution in [3.05, 3.63) is 47.4 Å². The standard InChI is InChI=1S/C19H20F2N6O2/c1-11(2)17-22-18(29-24-17)16-10-27(25-23-16)13-4-3-7-26(9-13)19(28)12-5-6-14(20)15(21)8-12/h5-6,8,10-11,13H,3-4,7,9H2,1-2H3. The van der Waals surface area contributed by atoms with Crippen molar-refractivity contribution in [2.75, 3.05) is 13.1 Å². The lowest BCUT2D eigenvalue weighted by Gasteiger charge is -2.32. The summed E-state index contributed by atoms with van der Waals surface area (Å²) in [6, 6.07) is 3.09. The van der Waals surface area contributed by atoms with Gasteiger partial charge in [0.2, 0.25) is 0 Å². The number of rotatable bonds is 4. The van der Waals surface area contributed by atoms with Gasteiger partial charge in [0.25, 0.3) is 11.8 Å². The molecule has 1 saturated heterocycles. The van der Waals surface area contributed by atoms with Gasteiger partial charge in [-0.15, -0.1) is 5.10 Å². The van der Waals surface area contributed by atoms with Crippen molar-refractivity contribution >= 4 is 5.91 Å². The Balaban J connectivity index is 1.49. The average Bonchev–Trinajstić information content (AvgIpc) is 3.39. The number of carbonyl (C=O) groups is 1. The van der Waals surface area contributed by atoms with Crippen LogP contribution in [0.4, 0.5) is 8.78 Å². The molecule has 1 atom stereocenters. The van der Waals surface area contributed by atoms with Crippen LogP contribution in [-0.4, -0.2) is 49.0 Å². The highest BCUT2D eigenvalue weighted by molar-refractivity contribution is 5.94. The first-order chi connectivity index (χ1) is 13.9. The van der Waals surface area contributed by atoms with Crippen molar-refractivity contribution in [3.8, 4) is 11.6 Å². The van der Waals surface area contributed by atoms with Crippen LogP contribution in [0.15, 0.2) is 28.9 Å². The summed E-state index contributed by atoms with van der Waals surface area (Å²) in [6.45, 7) is 4.86. The third-order valence-corrected chi connectivity index (χ3v) is 4.91. The van der Waals surface area contributed by atoms with Crippen LogP contribution in [-0.2, 0) is 0 Å². The number of carbonyl (C=O) groups excluding carboxylic acids is 1. The second-order valence-electron chi connectivity index (χ2n) is 7.37. The predicted molar refractivity (Wildman–Crippen MR) is 97.9 cm³/mol. The Labute approximate surface area is 165 Å². The highest BCUT2D eigenvalue weighted by atomic mass is 19.2. The molecule has 1 aliphatic rings. The molecule has 4 rings (SSSR count). The minimum atomic E-state index is -1.04. The quantitative estimate of drug-likeness (QED) is 0.666. The molecule has 1 aliphatic heterocycles. The Morgan fingerprint density at radius 2 is 2.10 bits per heavy atom. The highest BCUT2D eigenvalue weighted by Gasteiger charge is 2.27. The lowest BCUT2D eigenvalue weighted by Crippen LogP contribution is -2.40. The topological polar surface area (TPSA) is 89.9 Å². The van der Waals surface area contributed by atoms with E-state index in [1.54, 1.807) is 15.8 Å². The van der Waals surface area contributed by atoms with E-state index in [4.69, 9.17) is 4.52 Å². The van der Waals surface area contributed by atoms with E-state index in [1.807, 2.05) is 13.8 Å². The molecule has 1 unspecified atom stereocenters. The molecule has 3 heterocycles. The zero-order valence-electron chi connectivity index (χ0n) is 16.0. The van der Waals surface area contributed by atoms with E-state index in [0.717, 1.165) is 25.0 Å². The number of piperidine rings is 1. The second kappa shape index (κ2) is 7.69. The first-order valence-electron chi connectivity index (χ1n) is 9.42. The number of nitrogens with zero attached hydrogens (tertiary/aromatic N) is 6. The largest absolute Gasteiger partial charge is 0.336 e. The molecule has 29 heavy (non-hydrogen) atoms. The van der Waals surface area contributed by atoms with E-state index in [-0.39, 0.29) is 23.4 Å². The molecule has 0 spiro atoms. The second-order valence-corrected chi connectivity index (χ2v) is 7.37. The smallest absolute Gasteiger partial charge is 0.280 e. The molecule has 3 aromatic rings. The molecule has 152 valence electrons. The van der Waals surface area contributed by atoms with Gasteiger partial charge >= 0.3 is 0 Å². The van der Waals surface area contributed by atoms with Crippen molar-refractivity contribution in [2.45, 2.75) is 38.6 Å². The fourth-order valence-electron chi connectivity index (χ4n) is 3.29. The summed E-state index contributed by atoms with van der Waals surface area (Å²) in [4.78, 5) is 18.6. The number of halogens is 2. The SMILES string of the molecule is CC(C)c1noc(-c2cn(C3CCCN(C(=O)c4ccc(F)c(F)c4)C3)nn2)n1. The fourth-order valence-corrected chi connectivity index (χ4v) is 3.29. The summed E-state index contributed by atoms with van der Waals surface area (Å²) in [5.41, 5.74) is 0.587. The zero-order chi connectivity index (χ0) is 20.5. The third kappa shape index (κ3) is 3.87. The van der Waals surface area contributed by atoms with Crippen molar-refractivity contribution in [1.82, 2.24) is 30.0 Å². The van der Waals surface area contributed by atoms with Crippen molar-refractivity contribution in [3.63, 3.8) is 0 Å². The van der Waals surface area contributed by atoms with Crippen LogP contribution < -0.4 is 0 Å². The minimum Gasteiger partial charge on any atom is -0.336 e. The highest BCUT2D eigenvalue weighted by Crippen LogP contribution is 2.25. The van der Waals surface area contributed by atoms with Crippen LogP contribution >= 0.6 is 0 Å². The Kier molecular flexibility index (Phi) is 5.08. The summed E-state index contributed by atoms with van der Waals surface area (Å²) in [5, 5.41) is 12.2. The molecule has 2 aromatic heterocycles. The summed E-state index contributed by atoms with van der Waals surface area (Å²) in [6.07, 6.45) is 3.28. The molecule has 1 aromatic carbocycles. The van der Waals surface area contributed by atoms with E-state index in [1.165, 1.54) is 6.07 Å². The maximum absolute atomic E-state index is 13.5. The van der Waals surface area contributed by atoms with Gasteiger partial charge < -0.3 is 9.42 Å². The molecule has 0 radical (unpaired) electrons. The van der Waals surface area contributed by atoms with Gasteiger partial charge in [-0.2, -0.15) is 4.98 Å². The molecule has 0 N–H and O–H groups in total. The van der Waals surface area contributed by atoms with Gasteiger partial charge in [-0.1, -0.05) is 24.2 Å². The van der Waals surface area contributed by atoms with E-state index in [9.17, 15) is 13.6 Å². The van der Waals surface area contributed by atoms with Gasteiger partial charge in [-0.25, -0.2) is 13.5 Å². The Morgan fingerprint density at radius 1 is 1.28 bits per heavy atom. The summed E-state index contributed by atoms with van der Waals surface area (Å²) < 4.78 is 33.5. The van der Waals surface area contributed by atoms with E-state index in [0.29, 0.717) is 30.5 Å². The van der Waals surface area contributed by atoms with Gasteiger partial charge in [-0.3, -0.25) is 4.79 Å². The molecular formula is C19H20F2N6O2. The van der Waals surface area contributed by atoms with Gasteiger partial charge in [0, 0.05) is 24.6 Å². The summed E-state index contributed by atoms with van der Waals surface area (Å²) in [5.74, 6) is -1.33. The molecule has 1 fully saturated rings. The number of hydrogen-bond acceptors (Lipinski definition) is 6. The van der Waals surface area contributed by atoms with Crippen molar-refractivity contribution in [2.24, 2.45) is 0 Å². The van der Waals surface area contributed by atoms with E-state index < -0.39 is 11.6 Å². The van der Waals surface area contributed by atoms with E-state index >= 15 is 0 Å². The first kappa shape index (κ1) is 19.2. The molecular weight excluding hydrogens is 382 g/mol. The minimum absolute atomic E-state index is 0.0910. The first-order valence-corrected chi connectivity index (χ1v) is 9.42. The lowest BCUT2D eigenvalue weighted by molar-refractivity contribution is 0.0671. The Hall–Kier alpha value is -3.17. The number of aromatic nitrogens is 5. The van der Waals surface area contributed by atoms with Crippen LogP contribution in [0.3, 0.4) is 0 Å². The summed E-state index contributed by atoms with van der Waals surface area (Å²) >= 11 is 0. The molecule has 8 nitrogen and oxygen atoms in total. The third-order valence-electron chi connectivity index (χ3n) is 4.91. The lowest BCUT2D eigenvalue weighted by atomic mass is 10.0. The predicted octanol–water partition coefficient (Wildman–Crippen LogP) is 3.21. The van der Waals surface area contributed by atoms with Crippen LogP contribution in [0, 0.1) is 11.6 Å². The van der Waals surface area contributed by atoms with Gasteiger partial charge in [0.05, 0.1) is 12.2 Å². The molecule has 0 saturated carbocycles. The number of hydrogen-bond donors (Lipinski definition) is 0. The van der Waals surface area contributed by atoms with Gasteiger partial charge in [0.15, 0.2) is 23.2 Å². The fraction of sp³-hybridized carbons (Fsp3) is 0.421. The number of likely N-dealkylation sites (tertiary alicyclic amines) is 1.